The van der Waals surface area contributed by atoms with Crippen LogP contribution in [0.1, 0.15) is 45.1 Å². The Kier molecular flexibility index (Phi) is 7.67. The van der Waals surface area contributed by atoms with Crippen molar-refractivity contribution in [3.05, 3.63) is 48.0 Å². The highest BCUT2D eigenvalue weighted by molar-refractivity contribution is 7.89. The molecule has 0 bridgehead atoms. The highest BCUT2D eigenvalue weighted by atomic mass is 32.2. The second kappa shape index (κ2) is 10.8. The van der Waals surface area contributed by atoms with Crippen LogP contribution in [0.5, 0.6) is 5.19 Å². The molecule has 2 aromatic heterocycles. The lowest BCUT2D eigenvalue weighted by molar-refractivity contribution is 0.0769. The van der Waals surface area contributed by atoms with Gasteiger partial charge in [0.25, 0.3) is 5.19 Å². The Balaban J connectivity index is 1.19. The molecule has 0 radical (unpaired) electrons. The molecule has 1 aromatic carbocycles. The van der Waals surface area contributed by atoms with E-state index in [1.54, 1.807) is 13.8 Å². The first kappa shape index (κ1) is 26.9. The first-order valence-corrected chi connectivity index (χ1v) is 15.2. The molecule has 2 aliphatic heterocycles. The molecule has 204 valence electrons. The number of thiazole rings is 1. The van der Waals surface area contributed by atoms with Gasteiger partial charge in [-0.3, -0.25) is 0 Å². The van der Waals surface area contributed by atoms with Crippen molar-refractivity contribution in [2.24, 2.45) is 0 Å². The molecule has 1 N–H and O–H groups in total. The van der Waals surface area contributed by atoms with Crippen LogP contribution in [0.2, 0.25) is 0 Å². The molecule has 0 aliphatic carbocycles. The molecular formula is C26H32FN5O4S2. The zero-order valence-electron chi connectivity index (χ0n) is 21.5. The van der Waals surface area contributed by atoms with Gasteiger partial charge in [0, 0.05) is 39.0 Å². The monoisotopic (exact) mass is 561 g/mol. The van der Waals surface area contributed by atoms with Gasteiger partial charge in [-0.1, -0.05) is 23.5 Å². The van der Waals surface area contributed by atoms with Gasteiger partial charge in [-0.2, -0.15) is 4.31 Å². The summed E-state index contributed by atoms with van der Waals surface area (Å²) in [5, 5.41) is 10.5. The van der Waals surface area contributed by atoms with Crippen molar-refractivity contribution < 1.29 is 22.7 Å². The predicted octanol–water partition coefficient (Wildman–Crippen LogP) is 3.85. The van der Waals surface area contributed by atoms with Crippen LogP contribution in [0.4, 0.5) is 10.3 Å². The van der Waals surface area contributed by atoms with E-state index in [9.17, 15) is 17.9 Å². The number of nitrogens with zero attached hydrogens (tertiary/aromatic N) is 5. The van der Waals surface area contributed by atoms with Gasteiger partial charge < -0.3 is 14.7 Å². The van der Waals surface area contributed by atoms with Crippen LogP contribution in [0.3, 0.4) is 0 Å². The number of rotatable bonds is 8. The number of hydrogen-bond acceptors (Lipinski definition) is 9. The quantitative estimate of drug-likeness (QED) is 0.442. The number of hydrogen-bond donors (Lipinski definition) is 1. The summed E-state index contributed by atoms with van der Waals surface area (Å²) >= 11 is 1.51. The first-order chi connectivity index (χ1) is 18.1. The van der Waals surface area contributed by atoms with Gasteiger partial charge in [-0.05, 0) is 50.0 Å². The summed E-state index contributed by atoms with van der Waals surface area (Å²) in [6.45, 7) is 5.46. The Morgan fingerprint density at radius 1 is 1.18 bits per heavy atom. The van der Waals surface area contributed by atoms with Gasteiger partial charge in [0.05, 0.1) is 34.0 Å². The fourth-order valence-electron chi connectivity index (χ4n) is 4.61. The SMILES string of the molecule is CC(C)(O)CCS(=O)(=O)N1CC=C(c2ccc3nc(OC4CCN(c5ncc(F)cn5)CC4)sc3c2)CC1. The van der Waals surface area contributed by atoms with Crippen LogP contribution in [0.15, 0.2) is 36.7 Å². The summed E-state index contributed by atoms with van der Waals surface area (Å²) in [5.41, 5.74) is 2.05. The van der Waals surface area contributed by atoms with Crippen molar-refractivity contribution >= 4 is 43.1 Å². The smallest absolute Gasteiger partial charge is 0.274 e. The molecule has 0 atom stereocenters. The number of aromatic nitrogens is 3. The summed E-state index contributed by atoms with van der Waals surface area (Å²) in [6.07, 6.45) is 6.81. The van der Waals surface area contributed by atoms with Gasteiger partial charge in [0.1, 0.15) is 6.10 Å². The topological polar surface area (TPSA) is 109 Å². The summed E-state index contributed by atoms with van der Waals surface area (Å²) in [4.78, 5) is 14.8. The van der Waals surface area contributed by atoms with Gasteiger partial charge in [0.15, 0.2) is 5.82 Å². The predicted molar refractivity (Wildman–Crippen MR) is 146 cm³/mol. The van der Waals surface area contributed by atoms with Crippen LogP contribution in [-0.4, -0.2) is 76.4 Å². The lowest BCUT2D eigenvalue weighted by Gasteiger charge is -2.31. The highest BCUT2D eigenvalue weighted by Gasteiger charge is 2.27. The van der Waals surface area contributed by atoms with Gasteiger partial charge >= 0.3 is 0 Å². The Labute approximate surface area is 226 Å². The number of ether oxygens (including phenoxy) is 1. The molecule has 38 heavy (non-hydrogen) atoms. The van der Waals surface area contributed by atoms with Gasteiger partial charge in [0.2, 0.25) is 16.0 Å². The largest absolute Gasteiger partial charge is 0.467 e. The highest BCUT2D eigenvalue weighted by Crippen LogP contribution is 2.33. The molecule has 5 rings (SSSR count). The van der Waals surface area contributed by atoms with Crippen LogP contribution in [0, 0.1) is 5.82 Å². The summed E-state index contributed by atoms with van der Waals surface area (Å²) in [7, 11) is -3.41. The number of halogens is 1. The Hall–Kier alpha value is -2.67. The van der Waals surface area contributed by atoms with Crippen molar-refractivity contribution in [2.45, 2.75) is 51.2 Å². The van der Waals surface area contributed by atoms with E-state index in [4.69, 9.17) is 4.74 Å². The van der Waals surface area contributed by atoms with E-state index in [1.165, 1.54) is 28.0 Å². The molecule has 3 aromatic rings. The van der Waals surface area contributed by atoms with Gasteiger partial charge in [-0.15, -0.1) is 0 Å². The number of aliphatic hydroxyl groups is 1. The number of sulfonamides is 1. The molecule has 0 amide bonds. The second-order valence-corrected chi connectivity index (χ2v) is 13.5. The second-order valence-electron chi connectivity index (χ2n) is 10.4. The Bertz CT molecular complexity index is 1410. The molecule has 1 fully saturated rings. The molecule has 1 saturated heterocycles. The van der Waals surface area contributed by atoms with E-state index in [2.05, 4.69) is 21.0 Å². The number of benzene rings is 1. The number of piperidine rings is 1. The Morgan fingerprint density at radius 2 is 1.92 bits per heavy atom. The molecule has 2 aliphatic rings. The number of fused-ring (bicyclic) bond motifs is 1. The van der Waals surface area contributed by atoms with Crippen molar-refractivity contribution in [3.63, 3.8) is 0 Å². The van der Waals surface area contributed by atoms with E-state index >= 15 is 0 Å². The number of anilines is 1. The van der Waals surface area contributed by atoms with E-state index < -0.39 is 21.4 Å². The van der Waals surface area contributed by atoms with E-state index in [1.807, 2.05) is 23.1 Å². The third kappa shape index (κ3) is 6.48. The average molecular weight is 562 g/mol. The lowest BCUT2D eigenvalue weighted by Crippen LogP contribution is -2.39. The Morgan fingerprint density at radius 3 is 2.58 bits per heavy atom. The zero-order valence-corrected chi connectivity index (χ0v) is 23.1. The molecule has 0 spiro atoms. The normalized spacial score (nSPS) is 18.1. The van der Waals surface area contributed by atoms with E-state index in [0.717, 1.165) is 47.3 Å². The maximum Gasteiger partial charge on any atom is 0.274 e. The van der Waals surface area contributed by atoms with Crippen LogP contribution in [0.25, 0.3) is 15.8 Å². The zero-order chi connectivity index (χ0) is 26.9. The summed E-state index contributed by atoms with van der Waals surface area (Å²) in [6, 6.07) is 6.10. The van der Waals surface area contributed by atoms with Crippen molar-refractivity contribution in [3.8, 4) is 5.19 Å². The minimum Gasteiger partial charge on any atom is -0.467 e. The minimum atomic E-state index is -3.41. The standard InChI is InChI=1S/C26H32FN5O4S2/c1-26(2,33)9-14-38(34,35)32-12-5-18(6-13-32)19-3-4-22-23(15-19)37-25(30-22)36-21-7-10-31(11-8-21)24-28-16-20(27)17-29-24/h3-5,15-17,21,33H,6-14H2,1-2H3. The van der Waals surface area contributed by atoms with Crippen LogP contribution >= 0.6 is 11.3 Å². The molecule has 12 heteroatoms. The van der Waals surface area contributed by atoms with E-state index in [-0.39, 0.29) is 18.3 Å². The van der Waals surface area contributed by atoms with Crippen molar-refractivity contribution in [1.82, 2.24) is 19.3 Å². The lowest BCUT2D eigenvalue weighted by atomic mass is 10.0. The maximum atomic E-state index is 13.1. The van der Waals surface area contributed by atoms with Crippen LogP contribution in [-0.2, 0) is 10.0 Å². The average Bonchev–Trinajstić information content (AvgIpc) is 3.30. The molecule has 4 heterocycles. The maximum absolute atomic E-state index is 13.1. The third-order valence-corrected chi connectivity index (χ3v) is 9.62. The van der Waals surface area contributed by atoms with Gasteiger partial charge in [-0.25, -0.2) is 27.8 Å². The summed E-state index contributed by atoms with van der Waals surface area (Å²) < 4.78 is 47.1. The van der Waals surface area contributed by atoms with Crippen LogP contribution < -0.4 is 9.64 Å². The molecule has 9 nitrogen and oxygen atoms in total. The fraction of sp³-hybridized carbons (Fsp3) is 0.500. The van der Waals surface area contributed by atoms with Crippen molar-refractivity contribution in [2.75, 3.05) is 36.8 Å². The molecule has 0 unspecified atom stereocenters. The summed E-state index contributed by atoms with van der Waals surface area (Å²) in [5.74, 6) is 0.0252. The molecule has 0 saturated carbocycles. The molecular weight excluding hydrogens is 529 g/mol. The first-order valence-electron chi connectivity index (χ1n) is 12.8. The fourth-order valence-corrected chi connectivity index (χ4v) is 7.22. The minimum absolute atomic E-state index is 0.0390. The van der Waals surface area contributed by atoms with E-state index in [0.29, 0.717) is 30.7 Å². The third-order valence-electron chi connectivity index (χ3n) is 6.88. The van der Waals surface area contributed by atoms with Crippen molar-refractivity contribution in [1.29, 1.82) is 0 Å².